The van der Waals surface area contributed by atoms with Gasteiger partial charge in [-0.05, 0) is 12.8 Å². The van der Waals surface area contributed by atoms with Gasteiger partial charge in [-0.1, -0.05) is 0 Å². The minimum absolute atomic E-state index is 0.0636. The van der Waals surface area contributed by atoms with E-state index in [1.165, 1.54) is 11.8 Å². The van der Waals surface area contributed by atoms with Gasteiger partial charge in [0.15, 0.2) is 0 Å². The fourth-order valence-corrected chi connectivity index (χ4v) is 1.44. The number of nitrogens with two attached hydrogens (primary N) is 1. The molecule has 1 atom stereocenters. The van der Waals surface area contributed by atoms with Gasteiger partial charge >= 0.3 is 0 Å². The molecule has 1 fully saturated rings. The molecule has 4 heteroatoms. The molecule has 1 rings (SSSR count). The van der Waals surface area contributed by atoms with Gasteiger partial charge in [-0.3, -0.25) is 9.59 Å². The average Bonchev–Trinajstić information content (AvgIpc) is 2.32. The Morgan fingerprint density at radius 2 is 2.18 bits per heavy atom. The number of nitrogens with zero attached hydrogens (tertiary/aromatic N) is 1. The van der Waals surface area contributed by atoms with Gasteiger partial charge in [0.25, 0.3) is 0 Å². The van der Waals surface area contributed by atoms with Gasteiger partial charge in [-0.25, -0.2) is 0 Å². The predicted octanol–water partition coefficient (Wildman–Crippen LogP) is -0.517. The first-order chi connectivity index (χ1) is 5.13. The Morgan fingerprint density at radius 1 is 1.55 bits per heavy atom. The fraction of sp³-hybridized carbons (Fsp3) is 0.714. The van der Waals surface area contributed by atoms with Gasteiger partial charge in [0.2, 0.25) is 11.8 Å². The Morgan fingerprint density at radius 3 is 2.55 bits per heavy atom. The lowest BCUT2D eigenvalue weighted by Gasteiger charge is -2.19. The quantitative estimate of drug-likeness (QED) is 0.555. The molecule has 0 bridgehead atoms. The van der Waals surface area contributed by atoms with Crippen LogP contribution >= 0.6 is 0 Å². The predicted molar refractivity (Wildman–Crippen MR) is 39.6 cm³/mol. The van der Waals surface area contributed by atoms with Crippen LogP contribution in [0, 0.1) is 0 Å². The van der Waals surface area contributed by atoms with Crippen LogP contribution in [0.15, 0.2) is 0 Å². The van der Waals surface area contributed by atoms with E-state index >= 15 is 0 Å². The molecule has 0 saturated carbocycles. The van der Waals surface area contributed by atoms with Crippen molar-refractivity contribution in [3.05, 3.63) is 0 Å². The zero-order valence-electron chi connectivity index (χ0n) is 6.54. The molecule has 2 amide bonds. The first-order valence-electron chi connectivity index (χ1n) is 3.69. The summed E-state index contributed by atoms with van der Waals surface area (Å²) in [4.78, 5) is 23.2. The summed E-state index contributed by atoms with van der Waals surface area (Å²) >= 11 is 0. The van der Waals surface area contributed by atoms with Crippen LogP contribution in [0.1, 0.15) is 19.8 Å². The van der Waals surface area contributed by atoms with Crippen LogP contribution in [-0.2, 0) is 9.59 Å². The van der Waals surface area contributed by atoms with Gasteiger partial charge in [-0.2, -0.15) is 0 Å². The maximum atomic E-state index is 10.9. The maximum absolute atomic E-state index is 10.9. The number of carbonyl (C=O) groups is 2. The lowest BCUT2D eigenvalue weighted by molar-refractivity contribution is -0.135. The van der Waals surface area contributed by atoms with E-state index < -0.39 is 5.91 Å². The van der Waals surface area contributed by atoms with Crippen LogP contribution in [0.5, 0.6) is 0 Å². The van der Waals surface area contributed by atoms with Crippen LogP contribution in [0.25, 0.3) is 0 Å². The van der Waals surface area contributed by atoms with Gasteiger partial charge in [-0.15, -0.1) is 0 Å². The van der Waals surface area contributed by atoms with Crippen LogP contribution < -0.4 is 5.73 Å². The van der Waals surface area contributed by atoms with Crippen molar-refractivity contribution in [1.82, 2.24) is 4.90 Å². The van der Waals surface area contributed by atoms with Crippen LogP contribution in [0.2, 0.25) is 0 Å². The monoisotopic (exact) mass is 156 g/mol. The summed E-state index contributed by atoms with van der Waals surface area (Å²) in [6, 6.07) is -0.354. The smallest absolute Gasteiger partial charge is 0.240 e. The average molecular weight is 156 g/mol. The fourth-order valence-electron chi connectivity index (χ4n) is 1.44. The molecule has 11 heavy (non-hydrogen) atoms. The molecule has 1 heterocycles. The molecule has 0 aliphatic carbocycles. The topological polar surface area (TPSA) is 63.4 Å². The number of primary amides is 1. The SMILES string of the molecule is CC(=O)N1CCC[C@@H]1C(N)=O. The highest BCUT2D eigenvalue weighted by Crippen LogP contribution is 2.16. The molecule has 1 aliphatic heterocycles. The Bertz CT molecular complexity index is 171. The zero-order valence-corrected chi connectivity index (χ0v) is 6.54. The largest absolute Gasteiger partial charge is 0.368 e. The Balaban J connectivity index is 2.65. The third kappa shape index (κ3) is 1.50. The second-order valence-corrected chi connectivity index (χ2v) is 2.77. The van der Waals surface area contributed by atoms with Crippen LogP contribution in [0.4, 0.5) is 0 Å². The van der Waals surface area contributed by atoms with Crippen molar-refractivity contribution in [1.29, 1.82) is 0 Å². The lowest BCUT2D eigenvalue weighted by Crippen LogP contribution is -2.42. The molecule has 2 N–H and O–H groups in total. The highest BCUT2D eigenvalue weighted by Gasteiger charge is 2.30. The summed E-state index contributed by atoms with van der Waals surface area (Å²) in [5.41, 5.74) is 5.09. The first kappa shape index (κ1) is 8.04. The molecule has 62 valence electrons. The second kappa shape index (κ2) is 2.90. The number of rotatable bonds is 1. The van der Waals surface area contributed by atoms with Crippen molar-refractivity contribution >= 4 is 11.8 Å². The molecule has 1 aliphatic rings. The zero-order chi connectivity index (χ0) is 8.43. The molecular formula is C7H12N2O2. The summed E-state index contributed by atoms with van der Waals surface area (Å²) in [5.74, 6) is -0.455. The molecule has 0 unspecified atom stereocenters. The number of hydrogen-bond donors (Lipinski definition) is 1. The van der Waals surface area contributed by atoms with Crippen molar-refractivity contribution in [3.8, 4) is 0 Å². The maximum Gasteiger partial charge on any atom is 0.240 e. The third-order valence-corrected chi connectivity index (χ3v) is 1.99. The van der Waals surface area contributed by atoms with Gasteiger partial charge < -0.3 is 10.6 Å². The third-order valence-electron chi connectivity index (χ3n) is 1.99. The van der Waals surface area contributed by atoms with Crippen molar-refractivity contribution in [3.63, 3.8) is 0 Å². The van der Waals surface area contributed by atoms with E-state index in [1.807, 2.05) is 0 Å². The number of hydrogen-bond acceptors (Lipinski definition) is 2. The Kier molecular flexibility index (Phi) is 2.12. The standard InChI is InChI=1S/C7H12N2O2/c1-5(10)9-4-2-3-6(9)7(8)11/h6H,2-4H2,1H3,(H2,8,11)/t6-/m1/s1. The van der Waals surface area contributed by atoms with Gasteiger partial charge in [0.1, 0.15) is 6.04 Å². The summed E-state index contributed by atoms with van der Waals surface area (Å²) in [6.07, 6.45) is 1.60. The molecule has 0 aromatic carbocycles. The molecule has 0 aromatic heterocycles. The molecule has 0 spiro atoms. The van der Waals surface area contributed by atoms with E-state index in [9.17, 15) is 9.59 Å². The summed E-state index contributed by atoms with van der Waals surface area (Å²) in [6.45, 7) is 2.13. The summed E-state index contributed by atoms with van der Waals surface area (Å²) in [7, 11) is 0. The van der Waals surface area contributed by atoms with E-state index in [0.29, 0.717) is 6.54 Å². The summed E-state index contributed by atoms with van der Waals surface area (Å²) in [5, 5.41) is 0. The van der Waals surface area contributed by atoms with Crippen molar-refractivity contribution in [2.75, 3.05) is 6.54 Å². The highest BCUT2D eigenvalue weighted by atomic mass is 16.2. The van der Waals surface area contributed by atoms with Crippen molar-refractivity contribution < 1.29 is 9.59 Å². The van der Waals surface area contributed by atoms with E-state index in [0.717, 1.165) is 12.8 Å². The molecule has 4 nitrogen and oxygen atoms in total. The number of amides is 2. The number of likely N-dealkylation sites (tertiary alicyclic amines) is 1. The molecule has 0 aromatic rings. The van der Waals surface area contributed by atoms with Gasteiger partial charge in [0.05, 0.1) is 0 Å². The lowest BCUT2D eigenvalue weighted by atomic mass is 10.2. The minimum atomic E-state index is -0.391. The minimum Gasteiger partial charge on any atom is -0.368 e. The normalized spacial score (nSPS) is 23.7. The summed E-state index contributed by atoms with van der Waals surface area (Å²) < 4.78 is 0. The van der Waals surface area contributed by atoms with Crippen LogP contribution in [0.3, 0.4) is 0 Å². The number of carbonyl (C=O) groups excluding carboxylic acids is 2. The first-order valence-corrected chi connectivity index (χ1v) is 3.69. The van der Waals surface area contributed by atoms with Crippen molar-refractivity contribution in [2.45, 2.75) is 25.8 Å². The Labute approximate surface area is 65.3 Å². The molecule has 1 saturated heterocycles. The van der Waals surface area contributed by atoms with Gasteiger partial charge in [0, 0.05) is 13.5 Å². The van der Waals surface area contributed by atoms with E-state index in [-0.39, 0.29) is 11.9 Å². The second-order valence-electron chi connectivity index (χ2n) is 2.77. The highest BCUT2D eigenvalue weighted by molar-refractivity contribution is 5.86. The van der Waals surface area contributed by atoms with E-state index in [1.54, 1.807) is 0 Å². The Hall–Kier alpha value is -1.06. The molecule has 0 radical (unpaired) electrons. The molecular weight excluding hydrogens is 144 g/mol. The van der Waals surface area contributed by atoms with E-state index in [4.69, 9.17) is 5.73 Å². The van der Waals surface area contributed by atoms with E-state index in [2.05, 4.69) is 0 Å². The van der Waals surface area contributed by atoms with Crippen LogP contribution in [-0.4, -0.2) is 29.3 Å². The van der Waals surface area contributed by atoms with Crippen molar-refractivity contribution in [2.24, 2.45) is 5.73 Å².